The third-order valence-corrected chi connectivity index (χ3v) is 5.89. The molecule has 20 heavy (non-hydrogen) atoms. The van der Waals surface area contributed by atoms with Crippen LogP contribution in [0.3, 0.4) is 0 Å². The average Bonchev–Trinajstić information content (AvgIpc) is 3.11. The molecule has 1 N–H and O–H groups in total. The number of hydrogen-bond donors (Lipinski definition) is 1. The molecule has 2 saturated heterocycles. The van der Waals surface area contributed by atoms with Crippen LogP contribution in [0.2, 0.25) is 0 Å². The summed E-state index contributed by atoms with van der Waals surface area (Å²) in [4.78, 5) is 27.1. The van der Waals surface area contributed by atoms with Gasteiger partial charge in [-0.1, -0.05) is 13.8 Å². The molecule has 3 atom stereocenters. The number of carbonyl (C=O) groups is 2. The highest BCUT2D eigenvalue weighted by atomic mass is 32.2. The number of rotatable bonds is 4. The maximum atomic E-state index is 12.8. The summed E-state index contributed by atoms with van der Waals surface area (Å²) in [5.74, 6) is 3.68. The van der Waals surface area contributed by atoms with Crippen molar-refractivity contribution in [1.82, 2.24) is 10.2 Å². The van der Waals surface area contributed by atoms with E-state index in [1.807, 2.05) is 30.5 Å². The van der Waals surface area contributed by atoms with Gasteiger partial charge in [0.1, 0.15) is 12.1 Å². The number of thioether (sulfide) groups is 1. The number of amides is 2. The molecular weight excluding hydrogens is 272 g/mol. The number of piperazine rings is 1. The predicted molar refractivity (Wildman–Crippen MR) is 80.4 cm³/mol. The van der Waals surface area contributed by atoms with Crippen molar-refractivity contribution in [2.24, 2.45) is 17.8 Å². The van der Waals surface area contributed by atoms with Gasteiger partial charge in [-0.15, -0.1) is 0 Å². The second-order valence-corrected chi connectivity index (χ2v) is 7.88. The summed E-state index contributed by atoms with van der Waals surface area (Å²) in [6, 6.07) is -0.519. The number of nitrogens with zero attached hydrogens (tertiary/aromatic N) is 1. The summed E-state index contributed by atoms with van der Waals surface area (Å²) in [5.41, 5.74) is 0. The predicted octanol–water partition coefficient (Wildman–Crippen LogP) is 1.50. The third-order valence-electron chi connectivity index (χ3n) is 4.66. The molecule has 2 amide bonds. The lowest BCUT2D eigenvalue weighted by Crippen LogP contribution is -2.66. The van der Waals surface area contributed by atoms with E-state index in [4.69, 9.17) is 0 Å². The fourth-order valence-electron chi connectivity index (χ4n) is 3.38. The Kier molecular flexibility index (Phi) is 3.98. The fourth-order valence-corrected chi connectivity index (χ4v) is 4.65. The zero-order valence-corrected chi connectivity index (χ0v) is 13.1. The van der Waals surface area contributed by atoms with Gasteiger partial charge < -0.3 is 10.2 Å². The molecular formula is C15H24N2O2S. The summed E-state index contributed by atoms with van der Waals surface area (Å²) in [6.45, 7) is 4.84. The van der Waals surface area contributed by atoms with Crippen LogP contribution in [0, 0.1) is 17.8 Å². The van der Waals surface area contributed by atoms with E-state index in [2.05, 4.69) is 5.32 Å². The van der Waals surface area contributed by atoms with Crippen LogP contribution in [-0.2, 0) is 9.59 Å². The molecule has 4 nitrogen and oxygen atoms in total. The Morgan fingerprint density at radius 1 is 1.30 bits per heavy atom. The minimum absolute atomic E-state index is 0.0575. The summed E-state index contributed by atoms with van der Waals surface area (Å²) < 4.78 is 0. The zero-order chi connectivity index (χ0) is 14.3. The second kappa shape index (κ2) is 5.58. The molecule has 0 radical (unpaired) electrons. The van der Waals surface area contributed by atoms with Gasteiger partial charge in [0.25, 0.3) is 0 Å². The van der Waals surface area contributed by atoms with Gasteiger partial charge in [-0.2, -0.15) is 11.8 Å². The maximum absolute atomic E-state index is 12.8. The summed E-state index contributed by atoms with van der Waals surface area (Å²) in [7, 11) is 0. The molecule has 0 aromatic heterocycles. The van der Waals surface area contributed by atoms with Crippen LogP contribution < -0.4 is 5.32 Å². The SMILES string of the molecule is CC(C)C1C(=O)NC(C2CC2)C(=O)N1CC1CCSC1. The highest BCUT2D eigenvalue weighted by Crippen LogP contribution is 2.36. The Balaban J connectivity index is 1.78. The number of carbonyl (C=O) groups excluding carboxylic acids is 2. The van der Waals surface area contributed by atoms with Crippen LogP contribution in [-0.4, -0.2) is 46.8 Å². The van der Waals surface area contributed by atoms with Gasteiger partial charge in [0.05, 0.1) is 0 Å². The first-order valence-corrected chi connectivity index (χ1v) is 8.92. The molecule has 0 aromatic rings. The van der Waals surface area contributed by atoms with Crippen molar-refractivity contribution in [3.8, 4) is 0 Å². The second-order valence-electron chi connectivity index (χ2n) is 6.73. The molecule has 2 aliphatic heterocycles. The van der Waals surface area contributed by atoms with Crippen LogP contribution in [0.5, 0.6) is 0 Å². The van der Waals surface area contributed by atoms with Gasteiger partial charge in [0.15, 0.2) is 0 Å². The summed E-state index contributed by atoms with van der Waals surface area (Å²) in [6.07, 6.45) is 3.33. The van der Waals surface area contributed by atoms with Crippen LogP contribution >= 0.6 is 11.8 Å². The highest BCUT2D eigenvalue weighted by molar-refractivity contribution is 7.99. The van der Waals surface area contributed by atoms with E-state index in [0.29, 0.717) is 11.8 Å². The lowest BCUT2D eigenvalue weighted by Gasteiger charge is -2.42. The molecule has 3 unspecified atom stereocenters. The van der Waals surface area contributed by atoms with Gasteiger partial charge >= 0.3 is 0 Å². The first kappa shape index (κ1) is 14.2. The largest absolute Gasteiger partial charge is 0.342 e. The third kappa shape index (κ3) is 2.69. The molecule has 2 heterocycles. The van der Waals surface area contributed by atoms with Gasteiger partial charge in [-0.25, -0.2) is 0 Å². The first-order valence-electron chi connectivity index (χ1n) is 7.76. The Morgan fingerprint density at radius 2 is 2.05 bits per heavy atom. The van der Waals surface area contributed by atoms with Crippen LogP contribution in [0.1, 0.15) is 33.1 Å². The van der Waals surface area contributed by atoms with E-state index in [1.165, 1.54) is 12.2 Å². The standard InChI is InChI=1S/C15H24N2O2S/c1-9(2)13-14(18)16-12(11-3-4-11)15(19)17(13)7-10-5-6-20-8-10/h9-13H,3-8H2,1-2H3,(H,16,18). The van der Waals surface area contributed by atoms with E-state index >= 15 is 0 Å². The van der Waals surface area contributed by atoms with Crippen molar-refractivity contribution in [3.05, 3.63) is 0 Å². The molecule has 0 bridgehead atoms. The van der Waals surface area contributed by atoms with Crippen molar-refractivity contribution in [2.45, 2.75) is 45.2 Å². The van der Waals surface area contributed by atoms with Gasteiger partial charge in [-0.3, -0.25) is 9.59 Å². The van der Waals surface area contributed by atoms with E-state index < -0.39 is 0 Å². The first-order chi connectivity index (χ1) is 9.58. The molecule has 1 saturated carbocycles. The smallest absolute Gasteiger partial charge is 0.246 e. The minimum atomic E-state index is -0.275. The number of hydrogen-bond acceptors (Lipinski definition) is 3. The quantitative estimate of drug-likeness (QED) is 0.855. The van der Waals surface area contributed by atoms with Crippen molar-refractivity contribution >= 4 is 23.6 Å². The molecule has 0 aromatic carbocycles. The van der Waals surface area contributed by atoms with Crippen molar-refractivity contribution < 1.29 is 9.59 Å². The van der Waals surface area contributed by atoms with E-state index in [0.717, 1.165) is 25.1 Å². The molecule has 3 aliphatic rings. The maximum Gasteiger partial charge on any atom is 0.246 e. The van der Waals surface area contributed by atoms with E-state index in [-0.39, 0.29) is 29.8 Å². The molecule has 1 aliphatic carbocycles. The fraction of sp³-hybridized carbons (Fsp3) is 0.867. The molecule has 112 valence electrons. The lowest BCUT2D eigenvalue weighted by molar-refractivity contribution is -0.152. The Morgan fingerprint density at radius 3 is 2.60 bits per heavy atom. The molecule has 3 rings (SSSR count). The van der Waals surface area contributed by atoms with Gasteiger partial charge in [0, 0.05) is 6.54 Å². The van der Waals surface area contributed by atoms with E-state index in [9.17, 15) is 9.59 Å². The Labute approximate surface area is 125 Å². The van der Waals surface area contributed by atoms with Crippen molar-refractivity contribution in [1.29, 1.82) is 0 Å². The summed E-state index contributed by atoms with van der Waals surface area (Å²) in [5, 5.41) is 2.98. The van der Waals surface area contributed by atoms with Crippen molar-refractivity contribution in [3.63, 3.8) is 0 Å². The van der Waals surface area contributed by atoms with Gasteiger partial charge in [-0.05, 0) is 48.5 Å². The van der Waals surface area contributed by atoms with Crippen LogP contribution in [0.15, 0.2) is 0 Å². The van der Waals surface area contributed by atoms with Gasteiger partial charge in [0.2, 0.25) is 11.8 Å². The average molecular weight is 296 g/mol. The Hall–Kier alpha value is -0.710. The van der Waals surface area contributed by atoms with E-state index in [1.54, 1.807) is 0 Å². The highest BCUT2D eigenvalue weighted by Gasteiger charge is 2.48. The Bertz CT molecular complexity index is 403. The topological polar surface area (TPSA) is 49.4 Å². The lowest BCUT2D eigenvalue weighted by atomic mass is 9.94. The van der Waals surface area contributed by atoms with Crippen molar-refractivity contribution in [2.75, 3.05) is 18.1 Å². The monoisotopic (exact) mass is 296 g/mol. The minimum Gasteiger partial charge on any atom is -0.342 e. The molecule has 3 fully saturated rings. The number of nitrogens with one attached hydrogen (secondary N) is 1. The zero-order valence-electron chi connectivity index (χ0n) is 12.3. The van der Waals surface area contributed by atoms with Crippen LogP contribution in [0.25, 0.3) is 0 Å². The summed E-state index contributed by atoms with van der Waals surface area (Å²) >= 11 is 1.96. The molecule has 5 heteroatoms. The van der Waals surface area contributed by atoms with Crippen LogP contribution in [0.4, 0.5) is 0 Å². The molecule has 0 spiro atoms. The normalized spacial score (nSPS) is 34.8.